The lowest BCUT2D eigenvalue weighted by Crippen LogP contribution is -2.47. The number of hydrogen-bond donors (Lipinski definition) is 2. The normalized spacial score (nSPS) is 16.0. The molecule has 6 heteroatoms. The van der Waals surface area contributed by atoms with Crippen LogP contribution >= 0.6 is 0 Å². The van der Waals surface area contributed by atoms with Gasteiger partial charge in [-0.25, -0.2) is 0 Å². The number of anilines is 1. The molecular formula is C15H25N5O. The van der Waals surface area contributed by atoms with Crippen LogP contribution in [0.5, 0.6) is 0 Å². The van der Waals surface area contributed by atoms with Crippen LogP contribution in [-0.4, -0.2) is 61.6 Å². The van der Waals surface area contributed by atoms with Crippen LogP contribution in [0.15, 0.2) is 18.3 Å². The molecule has 21 heavy (non-hydrogen) atoms. The minimum Gasteiger partial charge on any atom is -0.369 e. The van der Waals surface area contributed by atoms with E-state index in [1.165, 1.54) is 0 Å². The zero-order valence-corrected chi connectivity index (χ0v) is 12.7. The molecule has 1 aromatic rings. The molecule has 1 amide bonds. The van der Waals surface area contributed by atoms with Gasteiger partial charge in [0.05, 0.1) is 0 Å². The standard InChI is InChI=1S/C15H25N5O/c1-2-17-15(21)14-12-13(4-6-18-14)20-10-8-19(9-11-20)7-3-5-16/h4,6,12H,2-3,5,7-11,16H2,1H3,(H,17,21). The molecular weight excluding hydrogens is 266 g/mol. The number of pyridine rings is 1. The van der Waals surface area contributed by atoms with Crippen molar-refractivity contribution >= 4 is 11.6 Å². The zero-order valence-electron chi connectivity index (χ0n) is 12.7. The summed E-state index contributed by atoms with van der Waals surface area (Å²) in [5, 5.41) is 2.78. The summed E-state index contributed by atoms with van der Waals surface area (Å²) in [6.45, 7) is 8.38. The fourth-order valence-corrected chi connectivity index (χ4v) is 2.54. The average Bonchev–Trinajstić information content (AvgIpc) is 2.54. The number of carbonyl (C=O) groups is 1. The number of nitrogens with two attached hydrogens (primary N) is 1. The Hall–Kier alpha value is -1.66. The Kier molecular flexibility index (Phi) is 5.95. The summed E-state index contributed by atoms with van der Waals surface area (Å²) in [5.41, 5.74) is 7.11. The van der Waals surface area contributed by atoms with Crippen LogP contribution in [0.25, 0.3) is 0 Å². The first-order chi connectivity index (χ1) is 10.2. The van der Waals surface area contributed by atoms with Gasteiger partial charge in [0.15, 0.2) is 0 Å². The first kappa shape index (κ1) is 15.7. The van der Waals surface area contributed by atoms with Gasteiger partial charge in [-0.2, -0.15) is 0 Å². The van der Waals surface area contributed by atoms with Gasteiger partial charge < -0.3 is 16.0 Å². The highest BCUT2D eigenvalue weighted by atomic mass is 16.1. The number of rotatable bonds is 6. The van der Waals surface area contributed by atoms with Crippen molar-refractivity contribution in [3.8, 4) is 0 Å². The summed E-state index contributed by atoms with van der Waals surface area (Å²) in [4.78, 5) is 20.7. The summed E-state index contributed by atoms with van der Waals surface area (Å²) < 4.78 is 0. The lowest BCUT2D eigenvalue weighted by molar-refractivity contribution is 0.0951. The Morgan fingerprint density at radius 3 is 2.81 bits per heavy atom. The van der Waals surface area contributed by atoms with Gasteiger partial charge in [-0.1, -0.05) is 0 Å². The van der Waals surface area contributed by atoms with Gasteiger partial charge >= 0.3 is 0 Å². The van der Waals surface area contributed by atoms with E-state index in [1.807, 2.05) is 19.1 Å². The number of nitrogens with zero attached hydrogens (tertiary/aromatic N) is 3. The fourth-order valence-electron chi connectivity index (χ4n) is 2.54. The molecule has 116 valence electrons. The minimum atomic E-state index is -0.110. The molecule has 1 aliphatic rings. The van der Waals surface area contributed by atoms with E-state index in [4.69, 9.17) is 5.73 Å². The third-order valence-electron chi connectivity index (χ3n) is 3.73. The minimum absolute atomic E-state index is 0.110. The highest BCUT2D eigenvalue weighted by Gasteiger charge is 2.17. The van der Waals surface area contributed by atoms with Crippen molar-refractivity contribution in [2.24, 2.45) is 5.73 Å². The number of amides is 1. The van der Waals surface area contributed by atoms with Gasteiger partial charge in [-0.3, -0.25) is 14.7 Å². The summed E-state index contributed by atoms with van der Waals surface area (Å²) in [6, 6.07) is 3.85. The Morgan fingerprint density at radius 1 is 1.38 bits per heavy atom. The topological polar surface area (TPSA) is 74.5 Å². The van der Waals surface area contributed by atoms with Crippen molar-refractivity contribution < 1.29 is 4.79 Å². The number of piperazine rings is 1. The van der Waals surface area contributed by atoms with Gasteiger partial charge in [0.2, 0.25) is 0 Å². The third kappa shape index (κ3) is 4.41. The quantitative estimate of drug-likeness (QED) is 0.788. The maximum absolute atomic E-state index is 11.8. The molecule has 2 heterocycles. The van der Waals surface area contributed by atoms with Gasteiger partial charge in [0.25, 0.3) is 5.91 Å². The number of aromatic nitrogens is 1. The van der Waals surface area contributed by atoms with Crippen molar-refractivity contribution in [1.82, 2.24) is 15.2 Å². The van der Waals surface area contributed by atoms with Crippen molar-refractivity contribution in [3.05, 3.63) is 24.0 Å². The number of nitrogens with one attached hydrogen (secondary N) is 1. The SMILES string of the molecule is CCNC(=O)c1cc(N2CCN(CCCN)CC2)ccn1. The Balaban J connectivity index is 1.94. The van der Waals surface area contributed by atoms with Gasteiger partial charge in [0, 0.05) is 44.6 Å². The second kappa shape index (κ2) is 7.95. The van der Waals surface area contributed by atoms with E-state index >= 15 is 0 Å². The molecule has 0 aromatic carbocycles. The van der Waals surface area contributed by atoms with Gasteiger partial charge in [0.1, 0.15) is 5.69 Å². The Bertz CT molecular complexity index is 457. The van der Waals surface area contributed by atoms with E-state index in [-0.39, 0.29) is 5.91 Å². The molecule has 0 radical (unpaired) electrons. The second-order valence-corrected chi connectivity index (χ2v) is 5.23. The number of carbonyl (C=O) groups excluding carboxylic acids is 1. The number of hydrogen-bond acceptors (Lipinski definition) is 5. The van der Waals surface area contributed by atoms with Crippen LogP contribution in [0.3, 0.4) is 0 Å². The first-order valence-corrected chi connectivity index (χ1v) is 7.66. The maximum Gasteiger partial charge on any atom is 0.269 e. The largest absolute Gasteiger partial charge is 0.369 e. The van der Waals surface area contributed by atoms with E-state index in [1.54, 1.807) is 6.20 Å². The molecule has 0 aliphatic carbocycles. The van der Waals surface area contributed by atoms with Crippen LogP contribution in [-0.2, 0) is 0 Å². The molecule has 6 nitrogen and oxygen atoms in total. The predicted octanol–water partition coefficient (Wildman–Crippen LogP) is 0.302. The van der Waals surface area contributed by atoms with Crippen LogP contribution in [0.2, 0.25) is 0 Å². The van der Waals surface area contributed by atoms with Crippen molar-refractivity contribution in [1.29, 1.82) is 0 Å². The highest BCUT2D eigenvalue weighted by Crippen LogP contribution is 2.17. The summed E-state index contributed by atoms with van der Waals surface area (Å²) in [7, 11) is 0. The molecule has 0 saturated carbocycles. The Morgan fingerprint density at radius 2 is 2.14 bits per heavy atom. The smallest absolute Gasteiger partial charge is 0.269 e. The summed E-state index contributed by atoms with van der Waals surface area (Å²) >= 11 is 0. The Labute approximate surface area is 126 Å². The van der Waals surface area contributed by atoms with Crippen LogP contribution in [0, 0.1) is 0 Å². The molecule has 3 N–H and O–H groups in total. The molecule has 0 atom stereocenters. The summed E-state index contributed by atoms with van der Waals surface area (Å²) in [5.74, 6) is -0.110. The van der Waals surface area contributed by atoms with E-state index in [9.17, 15) is 4.79 Å². The molecule has 1 aliphatic heterocycles. The fraction of sp³-hybridized carbons (Fsp3) is 0.600. The predicted molar refractivity (Wildman–Crippen MR) is 84.6 cm³/mol. The van der Waals surface area contributed by atoms with Crippen molar-refractivity contribution in [2.45, 2.75) is 13.3 Å². The first-order valence-electron chi connectivity index (χ1n) is 7.66. The highest BCUT2D eigenvalue weighted by molar-refractivity contribution is 5.93. The van der Waals surface area contributed by atoms with Crippen LogP contribution in [0.1, 0.15) is 23.8 Å². The lowest BCUT2D eigenvalue weighted by Gasteiger charge is -2.36. The molecule has 1 saturated heterocycles. The summed E-state index contributed by atoms with van der Waals surface area (Å²) in [6.07, 6.45) is 2.76. The zero-order chi connectivity index (χ0) is 15.1. The average molecular weight is 291 g/mol. The molecule has 1 fully saturated rings. The van der Waals surface area contributed by atoms with Gasteiger partial charge in [-0.05, 0) is 38.6 Å². The molecule has 2 rings (SSSR count). The van der Waals surface area contributed by atoms with E-state index in [0.29, 0.717) is 12.2 Å². The molecule has 0 spiro atoms. The maximum atomic E-state index is 11.8. The van der Waals surface area contributed by atoms with Crippen molar-refractivity contribution in [2.75, 3.05) is 50.7 Å². The second-order valence-electron chi connectivity index (χ2n) is 5.23. The van der Waals surface area contributed by atoms with E-state index in [2.05, 4.69) is 20.1 Å². The molecule has 1 aromatic heterocycles. The lowest BCUT2D eigenvalue weighted by atomic mass is 10.2. The van der Waals surface area contributed by atoms with E-state index in [0.717, 1.165) is 51.4 Å². The monoisotopic (exact) mass is 291 g/mol. The molecule has 0 bridgehead atoms. The van der Waals surface area contributed by atoms with Crippen LogP contribution in [0.4, 0.5) is 5.69 Å². The van der Waals surface area contributed by atoms with Crippen molar-refractivity contribution in [3.63, 3.8) is 0 Å². The van der Waals surface area contributed by atoms with E-state index < -0.39 is 0 Å². The molecule has 0 unspecified atom stereocenters. The van der Waals surface area contributed by atoms with Crippen LogP contribution < -0.4 is 16.0 Å². The third-order valence-corrected chi connectivity index (χ3v) is 3.73. The van der Waals surface area contributed by atoms with Gasteiger partial charge in [-0.15, -0.1) is 0 Å².